The summed E-state index contributed by atoms with van der Waals surface area (Å²) in [6.07, 6.45) is 0.336. The van der Waals surface area contributed by atoms with Gasteiger partial charge < -0.3 is 10.2 Å². The monoisotopic (exact) mass is 395 g/mol. The molecule has 0 atom stereocenters. The summed E-state index contributed by atoms with van der Waals surface area (Å²) in [5.41, 5.74) is 4.36. The highest BCUT2D eigenvalue weighted by Gasteiger charge is 2.10. The van der Waals surface area contributed by atoms with E-state index < -0.39 is 0 Å². The molecule has 2 N–H and O–H groups in total. The number of hydrogen-bond acceptors (Lipinski definition) is 4. The minimum absolute atomic E-state index is 0.0188. The molecule has 2 aromatic carbocycles. The average molecular weight is 396 g/mol. The smallest absolute Gasteiger partial charge is 0.222 e. The van der Waals surface area contributed by atoms with E-state index in [1.165, 1.54) is 5.56 Å². The Morgan fingerprint density at radius 2 is 1.82 bits per heavy atom. The zero-order valence-electron chi connectivity index (χ0n) is 16.4. The molecule has 0 saturated heterocycles. The van der Waals surface area contributed by atoms with Gasteiger partial charge in [0.25, 0.3) is 0 Å². The maximum Gasteiger partial charge on any atom is 0.222 e. The van der Waals surface area contributed by atoms with Crippen molar-refractivity contribution in [2.75, 3.05) is 19.0 Å². The number of aryl methyl sites for hydroxylation is 1. The van der Waals surface area contributed by atoms with E-state index in [9.17, 15) is 4.79 Å². The lowest BCUT2D eigenvalue weighted by molar-refractivity contribution is -0.121. The third-order valence-corrected chi connectivity index (χ3v) is 4.88. The molecule has 0 spiro atoms. The van der Waals surface area contributed by atoms with Gasteiger partial charge in [-0.25, -0.2) is 0 Å². The number of amides is 1. The summed E-state index contributed by atoms with van der Waals surface area (Å²) in [6, 6.07) is 16.2. The van der Waals surface area contributed by atoms with Crippen LogP contribution in [0.1, 0.15) is 17.5 Å². The van der Waals surface area contributed by atoms with E-state index in [-0.39, 0.29) is 5.91 Å². The van der Waals surface area contributed by atoms with Crippen LogP contribution in [0, 0.1) is 11.7 Å². The van der Waals surface area contributed by atoms with Crippen molar-refractivity contribution in [2.45, 2.75) is 26.4 Å². The molecule has 0 bridgehead atoms. The van der Waals surface area contributed by atoms with Crippen molar-refractivity contribution in [1.82, 2.24) is 20.1 Å². The van der Waals surface area contributed by atoms with Gasteiger partial charge in [-0.1, -0.05) is 42.0 Å². The van der Waals surface area contributed by atoms with Gasteiger partial charge in [0, 0.05) is 44.9 Å². The summed E-state index contributed by atoms with van der Waals surface area (Å²) < 4.78 is 2.38. The van der Waals surface area contributed by atoms with Crippen molar-refractivity contribution < 1.29 is 4.79 Å². The minimum atomic E-state index is -0.0188. The van der Waals surface area contributed by atoms with Gasteiger partial charge in [-0.15, -0.1) is 0 Å². The molecule has 6 nitrogen and oxygen atoms in total. The Kier molecular flexibility index (Phi) is 6.26. The molecule has 28 heavy (non-hydrogen) atoms. The first-order chi connectivity index (χ1) is 13.4. The van der Waals surface area contributed by atoms with E-state index in [1.54, 1.807) is 0 Å². The van der Waals surface area contributed by atoms with Gasteiger partial charge in [0.2, 0.25) is 5.91 Å². The first kappa shape index (κ1) is 19.8. The average Bonchev–Trinajstić information content (AvgIpc) is 3.06. The molecule has 0 unspecified atom stereocenters. The number of aromatic nitrogens is 3. The maximum atomic E-state index is 12.3. The molecule has 146 valence electrons. The van der Waals surface area contributed by atoms with Gasteiger partial charge >= 0.3 is 0 Å². The second kappa shape index (κ2) is 8.84. The number of rotatable bonds is 7. The first-order valence-electron chi connectivity index (χ1n) is 9.19. The van der Waals surface area contributed by atoms with Gasteiger partial charge in [0.05, 0.1) is 0 Å². The Hall–Kier alpha value is -2.93. The molecule has 1 aromatic heterocycles. The van der Waals surface area contributed by atoms with Crippen LogP contribution >= 0.6 is 12.2 Å². The number of carbonyl (C=O) groups excluding carboxylic acids is 1. The van der Waals surface area contributed by atoms with E-state index in [4.69, 9.17) is 12.2 Å². The topological polar surface area (TPSA) is 66.0 Å². The number of aromatic amines is 1. The molecule has 3 aromatic rings. The molecule has 3 rings (SSSR count). The van der Waals surface area contributed by atoms with Gasteiger partial charge in [-0.05, 0) is 36.8 Å². The maximum absolute atomic E-state index is 12.3. The third kappa shape index (κ3) is 4.86. The fourth-order valence-electron chi connectivity index (χ4n) is 2.86. The molecule has 1 heterocycles. The van der Waals surface area contributed by atoms with E-state index in [0.29, 0.717) is 24.3 Å². The van der Waals surface area contributed by atoms with Gasteiger partial charge in [-0.3, -0.25) is 14.5 Å². The molecule has 0 fully saturated rings. The van der Waals surface area contributed by atoms with Crippen LogP contribution in [-0.2, 0) is 17.9 Å². The number of carbonyl (C=O) groups is 1. The van der Waals surface area contributed by atoms with Crippen LogP contribution in [0.5, 0.6) is 0 Å². The fraction of sp³-hybridized carbons (Fsp3) is 0.286. The second-order valence-corrected chi connectivity index (χ2v) is 7.34. The molecule has 0 radical (unpaired) electrons. The molecule has 7 heteroatoms. The Morgan fingerprint density at radius 1 is 1.14 bits per heavy atom. The fourth-order valence-corrected chi connectivity index (χ4v) is 3.09. The van der Waals surface area contributed by atoms with Crippen LogP contribution in [0.25, 0.3) is 11.4 Å². The highest BCUT2D eigenvalue weighted by Crippen LogP contribution is 2.18. The first-order valence-corrected chi connectivity index (χ1v) is 9.60. The largest absolute Gasteiger partial charge is 0.378 e. The van der Waals surface area contributed by atoms with E-state index in [0.717, 1.165) is 22.6 Å². The predicted octanol–water partition coefficient (Wildman–Crippen LogP) is 3.69. The summed E-state index contributed by atoms with van der Waals surface area (Å²) in [5, 5.41) is 10.1. The number of anilines is 1. The standard InChI is InChI=1S/C21H25N5OS/c1-15-4-8-17(9-5-15)20-23-24-21(28)26(20)13-12-19(27)22-14-16-6-10-18(11-7-16)25(2)3/h4-11H,12-14H2,1-3H3,(H,22,27)(H,24,28). The highest BCUT2D eigenvalue weighted by molar-refractivity contribution is 7.71. The van der Waals surface area contributed by atoms with Crippen molar-refractivity contribution in [3.8, 4) is 11.4 Å². The summed E-state index contributed by atoms with van der Waals surface area (Å²) in [6.45, 7) is 3.03. The van der Waals surface area contributed by atoms with Crippen LogP contribution in [0.15, 0.2) is 48.5 Å². The zero-order chi connectivity index (χ0) is 20.1. The Balaban J connectivity index is 1.58. The normalized spacial score (nSPS) is 10.7. The molecular weight excluding hydrogens is 370 g/mol. The molecule has 0 aliphatic heterocycles. The molecule has 1 amide bonds. The van der Waals surface area contributed by atoms with E-state index in [2.05, 4.69) is 15.5 Å². The number of nitrogens with zero attached hydrogens (tertiary/aromatic N) is 3. The minimum Gasteiger partial charge on any atom is -0.378 e. The van der Waals surface area contributed by atoms with Crippen molar-refractivity contribution in [1.29, 1.82) is 0 Å². The van der Waals surface area contributed by atoms with Crippen molar-refractivity contribution in [2.24, 2.45) is 0 Å². The van der Waals surface area contributed by atoms with Gasteiger partial charge in [-0.2, -0.15) is 5.10 Å². The quantitative estimate of drug-likeness (QED) is 0.599. The molecule has 0 aliphatic carbocycles. The van der Waals surface area contributed by atoms with Crippen LogP contribution in [0.3, 0.4) is 0 Å². The van der Waals surface area contributed by atoms with Crippen molar-refractivity contribution in [3.05, 3.63) is 64.4 Å². The summed E-state index contributed by atoms with van der Waals surface area (Å²) in [5.74, 6) is 0.728. The number of nitrogens with one attached hydrogen (secondary N) is 2. The number of hydrogen-bond donors (Lipinski definition) is 2. The van der Waals surface area contributed by atoms with E-state index in [1.807, 2.05) is 79.0 Å². The Labute approximate surface area is 170 Å². The lowest BCUT2D eigenvalue weighted by atomic mass is 10.1. The van der Waals surface area contributed by atoms with Gasteiger partial charge in [0.15, 0.2) is 10.6 Å². The number of H-pyrrole nitrogens is 1. The lowest BCUT2D eigenvalue weighted by Crippen LogP contribution is -2.24. The predicted molar refractivity (Wildman–Crippen MR) is 115 cm³/mol. The summed E-state index contributed by atoms with van der Waals surface area (Å²) in [7, 11) is 4.01. The van der Waals surface area contributed by atoms with Crippen LogP contribution in [0.2, 0.25) is 0 Å². The van der Waals surface area contributed by atoms with Crippen LogP contribution in [0.4, 0.5) is 5.69 Å². The van der Waals surface area contributed by atoms with E-state index >= 15 is 0 Å². The molecular formula is C21H25N5OS. The zero-order valence-corrected chi connectivity index (χ0v) is 17.2. The van der Waals surface area contributed by atoms with Crippen LogP contribution in [-0.4, -0.2) is 34.8 Å². The van der Waals surface area contributed by atoms with Gasteiger partial charge in [0.1, 0.15) is 0 Å². The molecule has 0 aliphatic rings. The van der Waals surface area contributed by atoms with Crippen molar-refractivity contribution in [3.63, 3.8) is 0 Å². The third-order valence-electron chi connectivity index (χ3n) is 4.57. The lowest BCUT2D eigenvalue weighted by Gasteiger charge is -2.13. The SMILES string of the molecule is Cc1ccc(-c2n[nH]c(=S)n2CCC(=O)NCc2ccc(N(C)C)cc2)cc1. The van der Waals surface area contributed by atoms with Crippen LogP contribution < -0.4 is 10.2 Å². The summed E-state index contributed by atoms with van der Waals surface area (Å²) in [4.78, 5) is 14.3. The van der Waals surface area contributed by atoms with Crippen molar-refractivity contribution >= 4 is 23.8 Å². The second-order valence-electron chi connectivity index (χ2n) is 6.96. The Morgan fingerprint density at radius 3 is 2.46 bits per heavy atom. The Bertz CT molecular complexity index is 987. The highest BCUT2D eigenvalue weighted by atomic mass is 32.1. The number of benzene rings is 2. The molecule has 0 saturated carbocycles. The summed E-state index contributed by atoms with van der Waals surface area (Å²) >= 11 is 5.33.